The third-order valence-electron chi connectivity index (χ3n) is 2.84. The van der Waals surface area contributed by atoms with Crippen LogP contribution in [0.3, 0.4) is 0 Å². The molecule has 1 aliphatic rings. The van der Waals surface area contributed by atoms with Crippen molar-refractivity contribution in [2.75, 3.05) is 17.6 Å². The Morgan fingerprint density at radius 3 is 2.79 bits per heavy atom. The smallest absolute Gasteiger partial charge is 0.0813 e. The largest absolute Gasteiger partial charge is 0.399 e. The zero-order valence-electron chi connectivity index (χ0n) is 11.2. The Bertz CT molecular complexity index is 594. The second-order valence-electron chi connectivity index (χ2n) is 4.41. The molecular formula is C15H18N4. The first-order valence-corrected chi connectivity index (χ1v) is 6.26. The second kappa shape index (κ2) is 5.52. The number of aliphatic imine (C=N–C) groups is 1. The van der Waals surface area contributed by atoms with Gasteiger partial charge in [-0.05, 0) is 49.8 Å². The predicted molar refractivity (Wildman–Crippen MR) is 82.0 cm³/mol. The molecule has 4 nitrogen and oxygen atoms in total. The van der Waals surface area contributed by atoms with Crippen LogP contribution in [0.2, 0.25) is 0 Å². The molecule has 4 heteroatoms. The maximum Gasteiger partial charge on any atom is 0.0813 e. The van der Waals surface area contributed by atoms with Gasteiger partial charge in [0, 0.05) is 17.9 Å². The summed E-state index contributed by atoms with van der Waals surface area (Å²) in [6.45, 7) is 4.62. The minimum absolute atomic E-state index is 0.501. The molecule has 0 heterocycles. The van der Waals surface area contributed by atoms with Gasteiger partial charge >= 0.3 is 0 Å². The van der Waals surface area contributed by atoms with Crippen LogP contribution >= 0.6 is 0 Å². The Morgan fingerprint density at radius 1 is 1.32 bits per heavy atom. The molecule has 1 aromatic rings. The lowest BCUT2D eigenvalue weighted by Gasteiger charge is -2.17. The highest BCUT2D eigenvalue weighted by molar-refractivity contribution is 6.23. The Balaban J connectivity index is 2.30. The number of nitrogens with one attached hydrogen (secondary N) is 2. The van der Waals surface area contributed by atoms with E-state index in [1.807, 2.05) is 44.2 Å². The third kappa shape index (κ3) is 3.10. The van der Waals surface area contributed by atoms with Crippen LogP contribution in [0.15, 0.2) is 52.7 Å². The molecule has 0 amide bonds. The molecule has 0 saturated carbocycles. The average molecular weight is 254 g/mol. The van der Waals surface area contributed by atoms with Crippen LogP contribution < -0.4 is 11.1 Å². The molecule has 0 fully saturated rings. The third-order valence-corrected chi connectivity index (χ3v) is 2.84. The van der Waals surface area contributed by atoms with Gasteiger partial charge in [-0.2, -0.15) is 0 Å². The molecule has 0 spiro atoms. The van der Waals surface area contributed by atoms with E-state index in [1.165, 1.54) is 0 Å². The Morgan fingerprint density at radius 2 is 2.11 bits per heavy atom. The van der Waals surface area contributed by atoms with E-state index in [1.54, 1.807) is 6.08 Å². The maximum atomic E-state index is 7.89. The minimum Gasteiger partial charge on any atom is -0.399 e. The first-order valence-electron chi connectivity index (χ1n) is 6.26. The maximum absolute atomic E-state index is 7.89. The Labute approximate surface area is 113 Å². The first-order chi connectivity index (χ1) is 9.10. The number of anilines is 2. The number of nitrogen functional groups attached to an aromatic ring is 1. The van der Waals surface area contributed by atoms with E-state index < -0.39 is 0 Å². The lowest BCUT2D eigenvalue weighted by atomic mass is 10.0. The molecule has 0 radical (unpaired) electrons. The molecule has 19 heavy (non-hydrogen) atoms. The molecule has 0 atom stereocenters. The summed E-state index contributed by atoms with van der Waals surface area (Å²) in [5.41, 5.74) is 10.5. The van der Waals surface area contributed by atoms with Gasteiger partial charge in [0.15, 0.2) is 0 Å². The molecule has 98 valence electrons. The molecule has 1 aliphatic carbocycles. The molecule has 2 rings (SSSR count). The van der Waals surface area contributed by atoms with Crippen molar-refractivity contribution in [1.29, 1.82) is 5.41 Å². The van der Waals surface area contributed by atoms with Crippen molar-refractivity contribution in [3.63, 3.8) is 0 Å². The van der Waals surface area contributed by atoms with E-state index in [9.17, 15) is 0 Å². The fourth-order valence-electron chi connectivity index (χ4n) is 1.87. The van der Waals surface area contributed by atoms with Crippen molar-refractivity contribution in [3.8, 4) is 0 Å². The molecule has 0 unspecified atom stereocenters. The number of nitrogens with two attached hydrogens (primary N) is 1. The zero-order valence-corrected chi connectivity index (χ0v) is 11.2. The van der Waals surface area contributed by atoms with Crippen molar-refractivity contribution < 1.29 is 0 Å². The van der Waals surface area contributed by atoms with E-state index in [2.05, 4.69) is 10.3 Å². The van der Waals surface area contributed by atoms with Gasteiger partial charge in [-0.3, -0.25) is 4.99 Å². The van der Waals surface area contributed by atoms with Crippen LogP contribution in [-0.4, -0.2) is 18.0 Å². The number of nitrogens with zero attached hydrogens (tertiary/aromatic N) is 1. The fourth-order valence-corrected chi connectivity index (χ4v) is 1.87. The molecule has 0 saturated heterocycles. The monoisotopic (exact) mass is 254 g/mol. The number of hydrogen-bond donors (Lipinski definition) is 3. The van der Waals surface area contributed by atoms with Crippen molar-refractivity contribution in [3.05, 3.63) is 47.7 Å². The van der Waals surface area contributed by atoms with E-state index in [-0.39, 0.29) is 0 Å². The van der Waals surface area contributed by atoms with Gasteiger partial charge in [0.1, 0.15) is 0 Å². The van der Waals surface area contributed by atoms with Gasteiger partial charge < -0.3 is 16.5 Å². The highest BCUT2D eigenvalue weighted by Crippen LogP contribution is 2.18. The zero-order chi connectivity index (χ0) is 13.8. The van der Waals surface area contributed by atoms with Crippen molar-refractivity contribution >= 4 is 22.8 Å². The Kier molecular flexibility index (Phi) is 3.80. The van der Waals surface area contributed by atoms with E-state index in [0.717, 1.165) is 22.7 Å². The van der Waals surface area contributed by atoms with Crippen LogP contribution in [0, 0.1) is 5.41 Å². The van der Waals surface area contributed by atoms with Crippen LogP contribution in [-0.2, 0) is 0 Å². The fraction of sp³-hybridized carbons (Fsp3) is 0.200. The topological polar surface area (TPSA) is 74.3 Å². The van der Waals surface area contributed by atoms with Crippen molar-refractivity contribution in [2.45, 2.75) is 13.8 Å². The molecular weight excluding hydrogens is 236 g/mol. The van der Waals surface area contributed by atoms with Gasteiger partial charge in [-0.15, -0.1) is 0 Å². The van der Waals surface area contributed by atoms with E-state index in [0.29, 0.717) is 17.9 Å². The average Bonchev–Trinajstić information content (AvgIpc) is 2.36. The quantitative estimate of drug-likeness (QED) is 0.573. The highest BCUT2D eigenvalue weighted by Gasteiger charge is 2.13. The van der Waals surface area contributed by atoms with Crippen molar-refractivity contribution in [1.82, 2.24) is 0 Å². The van der Waals surface area contributed by atoms with Gasteiger partial charge in [0.2, 0.25) is 0 Å². The summed E-state index contributed by atoms with van der Waals surface area (Å²) in [4.78, 5) is 4.45. The van der Waals surface area contributed by atoms with Crippen LogP contribution in [0.5, 0.6) is 0 Å². The van der Waals surface area contributed by atoms with Crippen LogP contribution in [0.4, 0.5) is 11.4 Å². The number of rotatable bonds is 3. The SMILES string of the molecule is CC/N=C1/C=C(C)C(=N)C=C1Nc1cccc(N)c1. The summed E-state index contributed by atoms with van der Waals surface area (Å²) in [6.07, 6.45) is 3.73. The minimum atomic E-state index is 0.501. The number of hydrogen-bond acceptors (Lipinski definition) is 4. The summed E-state index contributed by atoms with van der Waals surface area (Å²) in [6, 6.07) is 7.53. The first kappa shape index (κ1) is 13.1. The highest BCUT2D eigenvalue weighted by atomic mass is 14.9. The summed E-state index contributed by atoms with van der Waals surface area (Å²) in [5, 5.41) is 11.2. The van der Waals surface area contributed by atoms with Crippen molar-refractivity contribution in [2.24, 2.45) is 4.99 Å². The normalized spacial score (nSPS) is 17.2. The standard InChI is InChI=1S/C15H18N4/c1-3-18-14-7-10(2)13(17)9-15(14)19-12-6-4-5-11(16)8-12/h4-9,17,19H,3,16H2,1-2H3/b17-13?,18-14-. The van der Waals surface area contributed by atoms with Gasteiger partial charge in [0.05, 0.1) is 17.1 Å². The predicted octanol–water partition coefficient (Wildman–Crippen LogP) is 3.01. The van der Waals surface area contributed by atoms with E-state index >= 15 is 0 Å². The lowest BCUT2D eigenvalue weighted by Crippen LogP contribution is -2.17. The van der Waals surface area contributed by atoms with E-state index in [4.69, 9.17) is 11.1 Å². The molecule has 0 aliphatic heterocycles. The number of benzene rings is 1. The molecule has 0 bridgehead atoms. The summed E-state index contributed by atoms with van der Waals surface area (Å²) < 4.78 is 0. The lowest BCUT2D eigenvalue weighted by molar-refractivity contribution is 1.13. The molecule has 4 N–H and O–H groups in total. The van der Waals surface area contributed by atoms with Gasteiger partial charge in [-0.25, -0.2) is 0 Å². The number of allylic oxidation sites excluding steroid dienone is 3. The van der Waals surface area contributed by atoms with Gasteiger partial charge in [0.25, 0.3) is 0 Å². The summed E-state index contributed by atoms with van der Waals surface area (Å²) in [5.74, 6) is 0. The summed E-state index contributed by atoms with van der Waals surface area (Å²) >= 11 is 0. The van der Waals surface area contributed by atoms with Crippen LogP contribution in [0.1, 0.15) is 13.8 Å². The second-order valence-corrected chi connectivity index (χ2v) is 4.41. The molecule has 0 aromatic heterocycles. The Hall–Kier alpha value is -2.36. The molecule has 1 aromatic carbocycles. The van der Waals surface area contributed by atoms with Gasteiger partial charge in [-0.1, -0.05) is 6.07 Å². The summed E-state index contributed by atoms with van der Waals surface area (Å²) in [7, 11) is 0. The van der Waals surface area contributed by atoms with Crippen LogP contribution in [0.25, 0.3) is 0 Å².